The Morgan fingerprint density at radius 1 is 1.10 bits per heavy atom. The van der Waals surface area contributed by atoms with E-state index in [1.807, 2.05) is 26.0 Å². The molecule has 2 fully saturated rings. The number of aliphatic hydroxyl groups is 1. The summed E-state index contributed by atoms with van der Waals surface area (Å²) in [6, 6.07) is -1.04. The summed E-state index contributed by atoms with van der Waals surface area (Å²) in [5.41, 5.74) is -2.02. The van der Waals surface area contributed by atoms with Gasteiger partial charge in [-0.1, -0.05) is 45.1 Å². The highest BCUT2D eigenvalue weighted by Gasteiger charge is 2.73. The lowest BCUT2D eigenvalue weighted by molar-refractivity contribution is -0.159. The molecule has 0 aromatic carbocycles. The second-order valence-corrected chi connectivity index (χ2v) is 13.0. The normalized spacial score (nSPS) is 34.8. The molecule has 5 bridgehead atoms. The number of esters is 1. The number of carbonyl (C=O) groups is 4. The number of likely N-dealkylation sites (tertiary alicyclic amines) is 1. The Hall–Kier alpha value is -2.72. The van der Waals surface area contributed by atoms with Gasteiger partial charge in [-0.05, 0) is 39.0 Å². The number of β-amino-alcohol motifs (C(OH)–C–C–N with tert-alkyl or cyclic N) is 1. The summed E-state index contributed by atoms with van der Waals surface area (Å²) < 4.78 is 12.0. The van der Waals surface area contributed by atoms with Crippen molar-refractivity contribution in [3.63, 3.8) is 0 Å². The molecule has 10 heteroatoms. The van der Waals surface area contributed by atoms with Gasteiger partial charge in [-0.25, -0.2) is 0 Å². The molecular weight excluding hydrogens is 502 g/mol. The van der Waals surface area contributed by atoms with Crippen LogP contribution in [0.15, 0.2) is 24.3 Å². The fraction of sp³-hybridized carbons (Fsp3) is 0.724. The number of aliphatic hydroxyl groups excluding tert-OH is 1. The number of nitrogens with one attached hydrogen (secondary N) is 1. The highest BCUT2D eigenvalue weighted by molar-refractivity contribution is 5.99. The number of amides is 3. The Morgan fingerprint density at radius 2 is 1.82 bits per heavy atom. The molecule has 0 unspecified atom stereocenters. The number of cyclic esters (lactones) is 1. The third-order valence-electron chi connectivity index (χ3n) is 8.08. The van der Waals surface area contributed by atoms with Gasteiger partial charge in [0, 0.05) is 25.0 Å². The molecule has 2 saturated heterocycles. The van der Waals surface area contributed by atoms with Crippen molar-refractivity contribution >= 4 is 23.7 Å². The van der Waals surface area contributed by atoms with E-state index in [4.69, 9.17) is 9.47 Å². The fourth-order valence-electron chi connectivity index (χ4n) is 6.92. The Kier molecular flexibility index (Phi) is 8.02. The highest BCUT2D eigenvalue weighted by Crippen LogP contribution is 2.56. The highest BCUT2D eigenvalue weighted by atomic mass is 16.6. The molecule has 10 nitrogen and oxygen atoms in total. The summed E-state index contributed by atoms with van der Waals surface area (Å²) in [6.07, 6.45) is 7.40. The van der Waals surface area contributed by atoms with E-state index in [0.717, 1.165) is 0 Å². The fourth-order valence-corrected chi connectivity index (χ4v) is 6.92. The van der Waals surface area contributed by atoms with E-state index in [1.54, 1.807) is 24.0 Å². The van der Waals surface area contributed by atoms with Crippen molar-refractivity contribution in [1.82, 2.24) is 15.1 Å². The molecule has 0 saturated carbocycles. The molecule has 0 radical (unpaired) electrons. The second-order valence-electron chi connectivity index (χ2n) is 13.0. The van der Waals surface area contributed by atoms with E-state index in [-0.39, 0.29) is 49.9 Å². The third kappa shape index (κ3) is 5.50. The van der Waals surface area contributed by atoms with Gasteiger partial charge in [0.1, 0.15) is 23.7 Å². The number of hydrogen-bond acceptors (Lipinski definition) is 7. The number of ether oxygens (including phenoxy) is 2. The number of fused-ring (bicyclic) bond motifs is 2. The zero-order valence-corrected chi connectivity index (χ0v) is 23.9. The molecule has 4 heterocycles. The van der Waals surface area contributed by atoms with Crippen LogP contribution in [0.1, 0.15) is 60.8 Å². The summed E-state index contributed by atoms with van der Waals surface area (Å²) >= 11 is 0. The van der Waals surface area contributed by atoms with Crippen LogP contribution in [0.25, 0.3) is 0 Å². The quantitative estimate of drug-likeness (QED) is 0.406. The molecule has 0 aromatic heterocycles. The van der Waals surface area contributed by atoms with Gasteiger partial charge >= 0.3 is 5.97 Å². The van der Waals surface area contributed by atoms with E-state index in [9.17, 15) is 24.3 Å². The molecular formula is C29H43N3O7. The Labute approximate surface area is 230 Å². The largest absolute Gasteiger partial charge is 0.460 e. The topological polar surface area (TPSA) is 125 Å². The van der Waals surface area contributed by atoms with Crippen LogP contribution < -0.4 is 5.32 Å². The van der Waals surface area contributed by atoms with Gasteiger partial charge in [0.25, 0.3) is 0 Å². The lowest BCUT2D eigenvalue weighted by Gasteiger charge is -2.45. The SMILES string of the molecule is C[C@H]1CNC(=O)CC/C=C\CN(C(C)(C)CC(C)(C)C)C(=O)[C@H]2N(CCO)C(=O)[C@@H]3[C@@H](C(=O)O1)[C@H]1C=C[C@]32O1. The predicted octanol–water partition coefficient (Wildman–Crippen LogP) is 1.57. The van der Waals surface area contributed by atoms with Crippen molar-refractivity contribution in [2.24, 2.45) is 17.3 Å². The average molecular weight is 546 g/mol. The monoisotopic (exact) mass is 545 g/mol. The van der Waals surface area contributed by atoms with Crippen molar-refractivity contribution in [3.05, 3.63) is 24.3 Å². The molecule has 216 valence electrons. The summed E-state index contributed by atoms with van der Waals surface area (Å²) in [5, 5.41) is 12.7. The van der Waals surface area contributed by atoms with Crippen LogP contribution in [-0.4, -0.2) is 94.2 Å². The van der Waals surface area contributed by atoms with E-state index in [2.05, 4.69) is 26.1 Å². The summed E-state index contributed by atoms with van der Waals surface area (Å²) in [4.78, 5) is 57.3. The van der Waals surface area contributed by atoms with Crippen molar-refractivity contribution < 1.29 is 33.8 Å². The number of rotatable bonds is 4. The summed E-state index contributed by atoms with van der Waals surface area (Å²) in [6.45, 7) is 12.1. The second kappa shape index (κ2) is 10.7. The maximum atomic E-state index is 14.6. The predicted molar refractivity (Wildman–Crippen MR) is 143 cm³/mol. The average Bonchev–Trinajstić information content (AvgIpc) is 3.45. The first kappa shape index (κ1) is 29.3. The van der Waals surface area contributed by atoms with Crippen LogP contribution in [0, 0.1) is 17.3 Å². The van der Waals surface area contributed by atoms with Crippen LogP contribution in [-0.2, 0) is 28.7 Å². The first-order valence-electron chi connectivity index (χ1n) is 13.9. The zero-order valence-electron chi connectivity index (χ0n) is 23.9. The van der Waals surface area contributed by atoms with Gasteiger partial charge in [0.05, 0.1) is 25.2 Å². The van der Waals surface area contributed by atoms with Crippen LogP contribution >= 0.6 is 0 Å². The number of carbonyl (C=O) groups excluding carboxylic acids is 4. The van der Waals surface area contributed by atoms with Crippen molar-refractivity contribution in [1.29, 1.82) is 0 Å². The molecule has 2 N–H and O–H groups in total. The minimum absolute atomic E-state index is 0.0526. The Bertz CT molecular complexity index is 1060. The van der Waals surface area contributed by atoms with Crippen molar-refractivity contribution in [3.8, 4) is 0 Å². The van der Waals surface area contributed by atoms with E-state index in [0.29, 0.717) is 12.8 Å². The first-order valence-corrected chi connectivity index (χ1v) is 13.9. The summed E-state index contributed by atoms with van der Waals surface area (Å²) in [5.74, 6) is -3.33. The molecule has 6 atom stereocenters. The van der Waals surface area contributed by atoms with E-state index in [1.165, 1.54) is 4.90 Å². The molecule has 4 rings (SSSR count). The standard InChI is InChI=1S/C29H43N3O7/c1-18-16-30-20(34)10-8-7-9-13-32(28(5,6)17-27(2,3)4)25(36)23-29-12-11-19(39-29)21(26(37)38-18)22(29)24(35)31(23)14-15-33/h7,9,11-12,18-19,21-23,33H,8,10,13-17H2,1-6H3,(H,30,34)/b9-7-/t18-,19+,21-,22-,23+,29-/m0/s1. The van der Waals surface area contributed by atoms with Gasteiger partial charge in [-0.2, -0.15) is 0 Å². The maximum Gasteiger partial charge on any atom is 0.313 e. The van der Waals surface area contributed by atoms with Crippen molar-refractivity contribution in [2.45, 2.75) is 90.2 Å². The molecule has 39 heavy (non-hydrogen) atoms. The Morgan fingerprint density at radius 3 is 2.49 bits per heavy atom. The van der Waals surface area contributed by atoms with Gasteiger partial charge in [-0.3, -0.25) is 19.2 Å². The molecule has 0 aliphatic carbocycles. The minimum atomic E-state index is -1.33. The van der Waals surface area contributed by atoms with Crippen LogP contribution in [0.2, 0.25) is 0 Å². The molecule has 1 spiro atoms. The van der Waals surface area contributed by atoms with E-state index >= 15 is 0 Å². The summed E-state index contributed by atoms with van der Waals surface area (Å²) in [7, 11) is 0. The van der Waals surface area contributed by atoms with Crippen molar-refractivity contribution in [2.75, 3.05) is 26.2 Å². The maximum absolute atomic E-state index is 14.6. The number of nitrogens with zero attached hydrogens (tertiary/aromatic N) is 2. The molecule has 4 aliphatic heterocycles. The lowest BCUT2D eigenvalue weighted by atomic mass is 9.74. The van der Waals surface area contributed by atoms with Gasteiger partial charge < -0.3 is 29.7 Å². The number of allylic oxidation sites excluding steroid dienone is 1. The zero-order chi connectivity index (χ0) is 28.8. The molecule has 3 amide bonds. The smallest absolute Gasteiger partial charge is 0.313 e. The first-order chi connectivity index (χ1) is 18.2. The van der Waals surface area contributed by atoms with Gasteiger partial charge in [0.2, 0.25) is 17.7 Å². The van der Waals surface area contributed by atoms with Crippen LogP contribution in [0.4, 0.5) is 0 Å². The number of hydrogen-bond donors (Lipinski definition) is 2. The van der Waals surface area contributed by atoms with Gasteiger partial charge in [0.15, 0.2) is 0 Å². The Balaban J connectivity index is 1.79. The molecule has 4 aliphatic rings. The van der Waals surface area contributed by atoms with E-state index < -0.39 is 53.1 Å². The van der Waals surface area contributed by atoms with Crippen LogP contribution in [0.5, 0.6) is 0 Å². The van der Waals surface area contributed by atoms with Crippen LogP contribution in [0.3, 0.4) is 0 Å². The lowest BCUT2D eigenvalue weighted by Crippen LogP contribution is -2.61. The molecule has 0 aromatic rings. The minimum Gasteiger partial charge on any atom is -0.460 e. The third-order valence-corrected chi connectivity index (χ3v) is 8.08. The van der Waals surface area contributed by atoms with Gasteiger partial charge in [-0.15, -0.1) is 0 Å².